The Morgan fingerprint density at radius 2 is 1.72 bits per heavy atom. The van der Waals surface area contributed by atoms with Crippen molar-refractivity contribution in [3.8, 4) is 0 Å². The van der Waals surface area contributed by atoms with Crippen molar-refractivity contribution in [1.82, 2.24) is 9.12 Å². The molecule has 0 saturated heterocycles. The highest BCUT2D eigenvalue weighted by atomic mass is 127. The van der Waals surface area contributed by atoms with Crippen LogP contribution in [0.2, 0.25) is 0 Å². The second-order valence-electron chi connectivity index (χ2n) is 7.61. The summed E-state index contributed by atoms with van der Waals surface area (Å²) in [6, 6.07) is 0. The Bertz CT molecular complexity index is 483. The van der Waals surface area contributed by atoms with Crippen molar-refractivity contribution in [2.75, 3.05) is 20.7 Å². The van der Waals surface area contributed by atoms with E-state index in [1.54, 1.807) is 0 Å². The number of methoxy groups -OCH3 is 1. The molecule has 0 saturated carbocycles. The molecule has 0 radical (unpaired) electrons. The summed E-state index contributed by atoms with van der Waals surface area (Å²) in [4.78, 5) is 29.8. The third-order valence-electron chi connectivity index (χ3n) is 4.09. The molecule has 0 bridgehead atoms. The standard InChI is InChI=1S/C15H32IN4O5/c1-9-14(5,6)20(19-16,10-13(2,3)4)12(22)24-15(17,23-8)11(21)25-18-7/h18-19H,9-10,17H2,1-8H3/q+1. The molecule has 0 aliphatic rings. The topological polar surface area (TPSA) is 112 Å². The number of quaternary nitrogens is 1. The highest BCUT2D eigenvalue weighted by molar-refractivity contribution is 14.1. The van der Waals surface area contributed by atoms with Crippen LogP contribution in [0.1, 0.15) is 48.0 Å². The van der Waals surface area contributed by atoms with Gasteiger partial charge in [-0.05, 0) is 13.8 Å². The minimum absolute atomic E-state index is 0.223. The molecule has 148 valence electrons. The molecule has 0 fully saturated rings. The van der Waals surface area contributed by atoms with E-state index in [-0.39, 0.29) is 10.0 Å². The monoisotopic (exact) mass is 475 g/mol. The quantitative estimate of drug-likeness (QED) is 0.161. The second-order valence-corrected chi connectivity index (χ2v) is 8.09. The molecular formula is C15H32IN4O5+. The summed E-state index contributed by atoms with van der Waals surface area (Å²) in [6.07, 6.45) is -0.0757. The minimum Gasteiger partial charge on any atom is -0.365 e. The zero-order chi connectivity index (χ0) is 20.1. The summed E-state index contributed by atoms with van der Waals surface area (Å²) in [5.74, 6) is -3.43. The number of carbonyl (C=O) groups is 2. The summed E-state index contributed by atoms with van der Waals surface area (Å²) in [5.41, 5.74) is 7.23. The lowest BCUT2D eigenvalue weighted by Crippen LogP contribution is -2.73. The lowest BCUT2D eigenvalue weighted by molar-refractivity contribution is -0.935. The Labute approximate surface area is 163 Å². The van der Waals surface area contributed by atoms with Crippen LogP contribution in [0.25, 0.3) is 0 Å². The first-order chi connectivity index (χ1) is 11.2. The Hall–Kier alpha value is -0.530. The van der Waals surface area contributed by atoms with Crippen LogP contribution in [0.5, 0.6) is 0 Å². The van der Waals surface area contributed by atoms with Gasteiger partial charge in [0.15, 0.2) is 0 Å². The number of halogens is 1. The number of ether oxygens (including phenoxy) is 2. The van der Waals surface area contributed by atoms with Gasteiger partial charge in [0.1, 0.15) is 12.1 Å². The first-order valence-corrected chi connectivity index (χ1v) is 9.04. The molecule has 0 rings (SSSR count). The summed E-state index contributed by atoms with van der Waals surface area (Å²) in [6.45, 7) is 12.3. The molecule has 0 aliphatic heterocycles. The van der Waals surface area contributed by atoms with Crippen molar-refractivity contribution in [2.45, 2.75) is 59.4 Å². The molecule has 0 aromatic heterocycles. The van der Waals surface area contributed by atoms with Crippen molar-refractivity contribution >= 4 is 34.9 Å². The van der Waals surface area contributed by atoms with Gasteiger partial charge in [0.25, 0.3) is 0 Å². The number of carbonyl (C=O) groups excluding carboxylic acids is 2. The molecule has 9 nitrogen and oxygen atoms in total. The van der Waals surface area contributed by atoms with E-state index in [4.69, 9.17) is 15.2 Å². The lowest BCUT2D eigenvalue weighted by Gasteiger charge is -2.47. The van der Waals surface area contributed by atoms with Gasteiger partial charge >= 0.3 is 18.0 Å². The predicted molar refractivity (Wildman–Crippen MR) is 102 cm³/mol. The van der Waals surface area contributed by atoms with Gasteiger partial charge in [0, 0.05) is 26.0 Å². The van der Waals surface area contributed by atoms with Crippen LogP contribution in [-0.2, 0) is 19.1 Å². The van der Waals surface area contributed by atoms with Crippen LogP contribution in [0.3, 0.4) is 0 Å². The van der Waals surface area contributed by atoms with E-state index in [0.29, 0.717) is 13.0 Å². The molecule has 2 unspecified atom stereocenters. The Balaban J connectivity index is 5.96. The van der Waals surface area contributed by atoms with Gasteiger partial charge in [-0.15, -0.1) is 4.59 Å². The van der Waals surface area contributed by atoms with Crippen LogP contribution in [-0.4, -0.2) is 48.8 Å². The van der Waals surface area contributed by atoms with E-state index >= 15 is 0 Å². The van der Waals surface area contributed by atoms with Crippen LogP contribution in [0.15, 0.2) is 0 Å². The normalized spacial score (nSPS) is 17.4. The smallest absolute Gasteiger partial charge is 0.365 e. The fraction of sp³-hybridized carbons (Fsp3) is 0.867. The number of nitrogens with one attached hydrogen (secondary N) is 2. The van der Waals surface area contributed by atoms with Crippen LogP contribution in [0.4, 0.5) is 4.79 Å². The molecule has 0 heterocycles. The molecule has 0 aliphatic carbocycles. The molecule has 10 heteroatoms. The van der Waals surface area contributed by atoms with E-state index in [2.05, 4.69) is 14.0 Å². The van der Waals surface area contributed by atoms with E-state index < -0.39 is 23.5 Å². The minimum atomic E-state index is -2.36. The third kappa shape index (κ3) is 5.73. The highest BCUT2D eigenvalue weighted by Crippen LogP contribution is 2.34. The van der Waals surface area contributed by atoms with Crippen LogP contribution < -0.4 is 14.9 Å². The number of hydrogen-bond donors (Lipinski definition) is 3. The third-order valence-corrected chi connectivity index (χ3v) is 4.91. The maximum atomic E-state index is 13.2. The maximum absolute atomic E-state index is 13.2. The second kappa shape index (κ2) is 8.91. The summed E-state index contributed by atoms with van der Waals surface area (Å²) < 4.78 is 13.0. The van der Waals surface area contributed by atoms with Crippen LogP contribution in [0, 0.1) is 5.41 Å². The molecule has 0 aromatic rings. The Kier molecular flexibility index (Phi) is 8.72. The lowest BCUT2D eigenvalue weighted by atomic mass is 9.90. The first kappa shape index (κ1) is 24.5. The SMILES string of the molecule is CCC(C)(C)[N+](CC(C)(C)C)(NI)C(=O)OC(N)(OC)C(=O)ONC. The number of rotatable bonds is 8. The summed E-state index contributed by atoms with van der Waals surface area (Å²) >= 11 is 1.91. The molecule has 25 heavy (non-hydrogen) atoms. The van der Waals surface area contributed by atoms with Crippen molar-refractivity contribution in [3.05, 3.63) is 0 Å². The van der Waals surface area contributed by atoms with Crippen molar-refractivity contribution < 1.29 is 28.5 Å². The van der Waals surface area contributed by atoms with Gasteiger partial charge in [0.05, 0.1) is 22.9 Å². The number of hydroxylamine groups is 1. The van der Waals surface area contributed by atoms with Crippen molar-refractivity contribution in [1.29, 1.82) is 0 Å². The summed E-state index contributed by atoms with van der Waals surface area (Å²) in [5, 5.41) is 0. The molecule has 1 amide bonds. The fourth-order valence-electron chi connectivity index (χ4n) is 2.22. The van der Waals surface area contributed by atoms with Gasteiger partial charge in [-0.1, -0.05) is 31.3 Å². The number of nitrogens with two attached hydrogens (primary N) is 1. The van der Waals surface area contributed by atoms with Gasteiger partial charge in [-0.2, -0.15) is 10.3 Å². The van der Waals surface area contributed by atoms with Crippen molar-refractivity contribution in [2.24, 2.45) is 11.1 Å². The predicted octanol–water partition coefficient (Wildman–Crippen LogP) is 1.97. The zero-order valence-corrected chi connectivity index (χ0v) is 18.5. The molecule has 0 aromatic carbocycles. The summed E-state index contributed by atoms with van der Waals surface area (Å²) in [7, 11) is 2.54. The van der Waals surface area contributed by atoms with Crippen LogP contribution >= 0.6 is 22.9 Å². The van der Waals surface area contributed by atoms with Gasteiger partial charge in [0.2, 0.25) is 0 Å². The average Bonchev–Trinajstić information content (AvgIpc) is 2.51. The number of amides is 1. The Morgan fingerprint density at radius 3 is 2.04 bits per heavy atom. The molecule has 0 spiro atoms. The molecule has 2 atom stereocenters. The maximum Gasteiger partial charge on any atom is 0.541 e. The average molecular weight is 475 g/mol. The first-order valence-electron chi connectivity index (χ1n) is 7.97. The van der Waals surface area contributed by atoms with Gasteiger partial charge in [-0.25, -0.2) is 4.79 Å². The van der Waals surface area contributed by atoms with Crippen molar-refractivity contribution in [3.63, 3.8) is 0 Å². The van der Waals surface area contributed by atoms with Gasteiger partial charge in [-0.3, -0.25) is 5.73 Å². The largest absolute Gasteiger partial charge is 0.541 e. The fourth-order valence-corrected chi connectivity index (χ4v) is 3.24. The molecular weight excluding hydrogens is 443 g/mol. The van der Waals surface area contributed by atoms with Gasteiger partial charge < -0.3 is 14.3 Å². The van der Waals surface area contributed by atoms with E-state index in [0.717, 1.165) is 7.11 Å². The van der Waals surface area contributed by atoms with E-state index in [1.807, 2.05) is 64.4 Å². The Morgan fingerprint density at radius 1 is 1.20 bits per heavy atom. The number of nitrogens with zero attached hydrogens (tertiary/aromatic N) is 1. The van der Waals surface area contributed by atoms with E-state index in [9.17, 15) is 9.59 Å². The highest BCUT2D eigenvalue weighted by Gasteiger charge is 2.57. The van der Waals surface area contributed by atoms with E-state index in [1.165, 1.54) is 7.05 Å². The molecule has 4 N–H and O–H groups in total. The number of hydrogen-bond acceptors (Lipinski definition) is 8. The zero-order valence-electron chi connectivity index (χ0n) is 16.4.